The van der Waals surface area contributed by atoms with Crippen LogP contribution in [0, 0.1) is 11.3 Å². The fourth-order valence-corrected chi connectivity index (χ4v) is 13.6. The maximum Gasteiger partial charge on any atom is 0.0201 e. The van der Waals surface area contributed by atoms with E-state index in [2.05, 4.69) is 132 Å². The van der Waals surface area contributed by atoms with Crippen molar-refractivity contribution >= 4 is 36.8 Å². The van der Waals surface area contributed by atoms with Crippen molar-refractivity contribution in [1.29, 1.82) is 0 Å². The van der Waals surface area contributed by atoms with Crippen molar-refractivity contribution < 1.29 is 0 Å². The molecular formula is C32H43NP2. The molecular weight excluding hydrogens is 460 g/mol. The molecule has 0 saturated carbocycles. The Morgan fingerprint density at radius 2 is 1.54 bits per heavy atom. The highest BCUT2D eigenvalue weighted by atomic mass is 31.2. The van der Waals surface area contributed by atoms with Gasteiger partial charge >= 0.3 is 0 Å². The number of nitrogens with zero attached hydrogens (tertiary/aromatic N) is 1. The molecule has 4 unspecified atom stereocenters. The van der Waals surface area contributed by atoms with Crippen LogP contribution in [0.1, 0.15) is 61.3 Å². The van der Waals surface area contributed by atoms with Gasteiger partial charge in [0.1, 0.15) is 0 Å². The molecule has 1 aliphatic carbocycles. The lowest BCUT2D eigenvalue weighted by Gasteiger charge is -2.49. The van der Waals surface area contributed by atoms with Gasteiger partial charge in [0.05, 0.1) is 0 Å². The van der Waals surface area contributed by atoms with Gasteiger partial charge in [-0.3, -0.25) is 0 Å². The molecule has 186 valence electrons. The Balaban J connectivity index is 1.93. The average molecular weight is 504 g/mol. The number of fused-ring (bicyclic) bond motifs is 3. The number of hydrogen-bond donors (Lipinski definition) is 0. The maximum atomic E-state index is 4.20. The van der Waals surface area contributed by atoms with Crippen LogP contribution in [0.3, 0.4) is 0 Å². The molecule has 1 aromatic heterocycles. The van der Waals surface area contributed by atoms with Crippen LogP contribution in [0.15, 0.2) is 85.0 Å². The molecule has 0 spiro atoms. The van der Waals surface area contributed by atoms with E-state index < -0.39 is 15.8 Å². The van der Waals surface area contributed by atoms with Crippen LogP contribution in [0.4, 0.5) is 0 Å². The highest BCUT2D eigenvalue weighted by Gasteiger charge is 2.42. The van der Waals surface area contributed by atoms with Crippen molar-refractivity contribution in [3.8, 4) is 0 Å². The lowest BCUT2D eigenvalue weighted by atomic mass is 9.86. The topological polar surface area (TPSA) is 3.24 Å². The first kappa shape index (κ1) is 26.4. The summed E-state index contributed by atoms with van der Waals surface area (Å²) in [4.78, 5) is 0. The number of allylic oxidation sites excluding steroid dienone is 5. The summed E-state index contributed by atoms with van der Waals surface area (Å²) in [5, 5.41) is 5.96. The molecule has 3 aromatic rings. The molecule has 0 N–H and O–H groups in total. The maximum absolute atomic E-state index is 4.20. The van der Waals surface area contributed by atoms with Crippen molar-refractivity contribution in [2.24, 2.45) is 11.3 Å². The fourth-order valence-electron chi connectivity index (χ4n) is 5.52. The van der Waals surface area contributed by atoms with E-state index in [9.17, 15) is 0 Å². The quantitative estimate of drug-likeness (QED) is 0.207. The standard InChI is InChI=1S/C32H43NP2/c1-23(2)20-21-25(5)26(6)34(31-19-13-14-22-32(31,7)8)33(24(3)4)35-29-17-11-9-15-27(29)28-16-10-12-18-30(28)35/h9-19,22,24-26,31H,1,20-21H2,2-8H3. The largest absolute Gasteiger partial charge is 0.235 e. The molecule has 0 amide bonds. The van der Waals surface area contributed by atoms with Crippen LogP contribution >= 0.6 is 15.8 Å². The molecule has 0 radical (unpaired) electrons. The number of hydrogen-bond acceptors (Lipinski definition) is 1. The fraction of sp³-hybridized carbons (Fsp3) is 0.438. The van der Waals surface area contributed by atoms with E-state index in [0.29, 0.717) is 23.3 Å². The number of benzene rings is 2. The van der Waals surface area contributed by atoms with Gasteiger partial charge in [0, 0.05) is 21.9 Å². The van der Waals surface area contributed by atoms with Gasteiger partial charge in [-0.25, -0.2) is 4.44 Å². The van der Waals surface area contributed by atoms with E-state index in [1.807, 2.05) is 0 Å². The molecule has 4 atom stereocenters. The van der Waals surface area contributed by atoms with E-state index in [0.717, 1.165) is 6.42 Å². The summed E-state index contributed by atoms with van der Waals surface area (Å²) in [6.07, 6.45) is 11.9. The lowest BCUT2D eigenvalue weighted by Crippen LogP contribution is -2.38. The van der Waals surface area contributed by atoms with E-state index >= 15 is 0 Å². The zero-order valence-electron chi connectivity index (χ0n) is 22.7. The SMILES string of the molecule is C=C(C)CCC(C)C(C)P(C1C=CC=CC1(C)C)N(C(C)C)p1c2ccccc2c2ccccc21. The van der Waals surface area contributed by atoms with Gasteiger partial charge in [-0.05, 0) is 89.3 Å². The molecule has 1 aliphatic rings. The molecule has 4 rings (SSSR count). The van der Waals surface area contributed by atoms with E-state index in [-0.39, 0.29) is 5.41 Å². The second kappa shape index (κ2) is 10.8. The predicted molar refractivity (Wildman–Crippen MR) is 163 cm³/mol. The summed E-state index contributed by atoms with van der Waals surface area (Å²) in [5.74, 6) is 0.650. The first-order valence-electron chi connectivity index (χ1n) is 13.2. The molecule has 3 heteroatoms. The van der Waals surface area contributed by atoms with Crippen molar-refractivity contribution in [3.63, 3.8) is 0 Å². The minimum Gasteiger partial charge on any atom is -0.235 e. The van der Waals surface area contributed by atoms with Gasteiger partial charge in [0.15, 0.2) is 0 Å². The minimum atomic E-state index is -0.578. The highest BCUT2D eigenvalue weighted by Crippen LogP contribution is 2.67. The van der Waals surface area contributed by atoms with E-state index in [1.54, 1.807) is 10.2 Å². The third-order valence-electron chi connectivity index (χ3n) is 7.70. The van der Waals surface area contributed by atoms with Crippen LogP contribution in [0.25, 0.3) is 21.0 Å². The zero-order chi connectivity index (χ0) is 25.3. The molecule has 0 bridgehead atoms. The summed E-state index contributed by atoms with van der Waals surface area (Å²) in [5.41, 5.74) is 2.59. The molecule has 0 saturated heterocycles. The van der Waals surface area contributed by atoms with Crippen LogP contribution < -0.4 is 4.44 Å². The Kier molecular flexibility index (Phi) is 8.12. The minimum absolute atomic E-state index is 0.143. The Morgan fingerprint density at radius 1 is 0.971 bits per heavy atom. The zero-order valence-corrected chi connectivity index (χ0v) is 24.5. The van der Waals surface area contributed by atoms with Crippen molar-refractivity contribution in [2.75, 3.05) is 4.44 Å². The Labute approximate surface area is 215 Å². The molecule has 1 heterocycles. The monoisotopic (exact) mass is 503 g/mol. The highest BCUT2D eigenvalue weighted by molar-refractivity contribution is 7.78. The van der Waals surface area contributed by atoms with Gasteiger partial charge in [-0.1, -0.05) is 94.0 Å². The second-order valence-electron chi connectivity index (χ2n) is 11.4. The molecule has 1 nitrogen and oxygen atoms in total. The molecule has 0 aliphatic heterocycles. The van der Waals surface area contributed by atoms with Crippen LogP contribution in [-0.4, -0.2) is 17.4 Å². The third-order valence-corrected chi connectivity index (χ3v) is 15.1. The lowest BCUT2D eigenvalue weighted by molar-refractivity contribution is 0.474. The van der Waals surface area contributed by atoms with Crippen molar-refractivity contribution in [1.82, 2.24) is 0 Å². The van der Waals surface area contributed by atoms with Gasteiger partial charge < -0.3 is 0 Å². The average Bonchev–Trinajstić information content (AvgIpc) is 3.14. The van der Waals surface area contributed by atoms with Gasteiger partial charge in [-0.2, -0.15) is 0 Å². The molecule has 2 aromatic carbocycles. The summed E-state index contributed by atoms with van der Waals surface area (Å²) in [6, 6.07) is 18.8. The first-order chi connectivity index (χ1) is 16.6. The Morgan fingerprint density at radius 3 is 2.06 bits per heavy atom. The van der Waals surface area contributed by atoms with Crippen LogP contribution in [-0.2, 0) is 0 Å². The van der Waals surface area contributed by atoms with Crippen molar-refractivity contribution in [2.45, 2.75) is 78.7 Å². The molecule has 35 heavy (non-hydrogen) atoms. The number of rotatable bonds is 9. The Bertz CT molecular complexity index is 1190. The summed E-state index contributed by atoms with van der Waals surface area (Å²) >= 11 is 0. The third kappa shape index (κ3) is 5.25. The van der Waals surface area contributed by atoms with Gasteiger partial charge in [0.2, 0.25) is 0 Å². The first-order valence-corrected chi connectivity index (χ1v) is 15.9. The smallest absolute Gasteiger partial charge is 0.0201 e. The summed E-state index contributed by atoms with van der Waals surface area (Å²) < 4.78 is 3.01. The van der Waals surface area contributed by atoms with Crippen molar-refractivity contribution in [3.05, 3.63) is 85.0 Å². The van der Waals surface area contributed by atoms with E-state index in [4.69, 9.17) is 0 Å². The van der Waals surface area contributed by atoms with Gasteiger partial charge in [0.25, 0.3) is 0 Å². The van der Waals surface area contributed by atoms with Gasteiger partial charge in [-0.15, -0.1) is 6.58 Å². The predicted octanol–water partition coefficient (Wildman–Crippen LogP) is 10.6. The molecule has 0 fully saturated rings. The van der Waals surface area contributed by atoms with Crippen LogP contribution in [0.5, 0.6) is 0 Å². The normalized spacial score (nSPS) is 20.1. The van der Waals surface area contributed by atoms with E-state index in [1.165, 1.54) is 22.8 Å². The summed E-state index contributed by atoms with van der Waals surface area (Å²) in [7, 11) is -1.04. The van der Waals surface area contributed by atoms with Crippen LogP contribution in [0.2, 0.25) is 0 Å². The summed E-state index contributed by atoms with van der Waals surface area (Å²) in [6.45, 7) is 21.2. The Hall–Kier alpha value is -1.65. The second-order valence-corrected chi connectivity index (χ2v) is 16.3.